The van der Waals surface area contributed by atoms with E-state index in [1.165, 1.54) is 24.4 Å². The van der Waals surface area contributed by atoms with Crippen LogP contribution in [0, 0.1) is 5.92 Å². The summed E-state index contributed by atoms with van der Waals surface area (Å²) >= 11 is 7.39. The van der Waals surface area contributed by atoms with E-state index in [0.29, 0.717) is 16.9 Å². The quantitative estimate of drug-likeness (QED) is 0.869. The molecule has 0 unspecified atom stereocenters. The van der Waals surface area contributed by atoms with Crippen LogP contribution in [0.25, 0.3) is 0 Å². The van der Waals surface area contributed by atoms with Crippen LogP contribution >= 0.6 is 23.1 Å². The van der Waals surface area contributed by atoms with E-state index < -0.39 is 0 Å². The number of anilines is 1. The topological polar surface area (TPSA) is 46.8 Å². The Bertz CT molecular complexity index is 584. The number of aromatic nitrogens is 4. The normalized spacial score (nSPS) is 19.7. The second-order valence-electron chi connectivity index (χ2n) is 5.36. The van der Waals surface area contributed by atoms with Gasteiger partial charge in [0.2, 0.25) is 5.13 Å². The molecule has 4 rings (SSSR count). The van der Waals surface area contributed by atoms with Gasteiger partial charge in [0.05, 0.1) is 11.2 Å². The molecule has 19 heavy (non-hydrogen) atoms. The molecule has 2 aliphatic rings. The standard InChI is InChI=1S/C12H14ClN5S/c13-10-3-14-18(7-10)6-8-4-17(5-8)12-15-11(16-19-12)9-1-2-9/h3,7-9H,1-2,4-6H2. The highest BCUT2D eigenvalue weighted by molar-refractivity contribution is 7.09. The molecule has 0 spiro atoms. The zero-order valence-corrected chi connectivity index (χ0v) is 11.9. The maximum Gasteiger partial charge on any atom is 0.205 e. The molecule has 2 aromatic heterocycles. The van der Waals surface area contributed by atoms with Crippen LogP contribution in [0.15, 0.2) is 12.4 Å². The van der Waals surface area contributed by atoms with Gasteiger partial charge in [-0.2, -0.15) is 9.47 Å². The fourth-order valence-electron chi connectivity index (χ4n) is 2.41. The minimum atomic E-state index is 0.629. The number of hydrogen-bond acceptors (Lipinski definition) is 5. The van der Waals surface area contributed by atoms with Crippen LogP contribution < -0.4 is 4.90 Å². The number of halogens is 1. The minimum Gasteiger partial charge on any atom is -0.346 e. The molecule has 0 bridgehead atoms. The maximum absolute atomic E-state index is 5.86. The second-order valence-corrected chi connectivity index (χ2v) is 6.53. The highest BCUT2D eigenvalue weighted by atomic mass is 35.5. The summed E-state index contributed by atoms with van der Waals surface area (Å²) in [4.78, 5) is 6.93. The lowest BCUT2D eigenvalue weighted by molar-refractivity contribution is 0.342. The molecule has 7 heteroatoms. The Labute approximate surface area is 120 Å². The molecule has 0 aromatic carbocycles. The van der Waals surface area contributed by atoms with Crippen LogP contribution in [-0.4, -0.2) is 32.2 Å². The molecule has 2 aromatic rings. The van der Waals surface area contributed by atoms with Crippen LogP contribution in [0.3, 0.4) is 0 Å². The Morgan fingerprint density at radius 3 is 2.89 bits per heavy atom. The summed E-state index contributed by atoms with van der Waals surface area (Å²) in [6.07, 6.45) is 6.09. The Kier molecular flexibility index (Phi) is 2.73. The molecule has 1 aliphatic carbocycles. The maximum atomic E-state index is 5.86. The Hall–Kier alpha value is -1.14. The zero-order valence-electron chi connectivity index (χ0n) is 10.4. The van der Waals surface area contributed by atoms with Gasteiger partial charge in [0.1, 0.15) is 5.82 Å². The monoisotopic (exact) mass is 295 g/mol. The Balaban J connectivity index is 1.34. The molecule has 100 valence electrons. The summed E-state index contributed by atoms with van der Waals surface area (Å²) in [6.45, 7) is 3.01. The van der Waals surface area contributed by atoms with Crippen LogP contribution in [0.2, 0.25) is 5.02 Å². The minimum absolute atomic E-state index is 0.629. The smallest absolute Gasteiger partial charge is 0.205 e. The molecule has 1 saturated heterocycles. The summed E-state index contributed by atoms with van der Waals surface area (Å²) in [5, 5.41) is 6.00. The van der Waals surface area contributed by atoms with Gasteiger partial charge in [-0.15, -0.1) is 0 Å². The van der Waals surface area contributed by atoms with Crippen LogP contribution in [0.5, 0.6) is 0 Å². The van der Waals surface area contributed by atoms with Crippen LogP contribution in [0.1, 0.15) is 24.6 Å². The van der Waals surface area contributed by atoms with Crippen molar-refractivity contribution in [2.75, 3.05) is 18.0 Å². The first-order valence-corrected chi connectivity index (χ1v) is 7.69. The number of hydrogen-bond donors (Lipinski definition) is 0. The number of nitrogens with zero attached hydrogens (tertiary/aromatic N) is 5. The third-order valence-electron chi connectivity index (χ3n) is 3.65. The fraction of sp³-hybridized carbons (Fsp3) is 0.583. The van der Waals surface area contributed by atoms with Crippen molar-refractivity contribution in [3.63, 3.8) is 0 Å². The Morgan fingerprint density at radius 1 is 1.37 bits per heavy atom. The zero-order chi connectivity index (χ0) is 12.8. The molecule has 3 heterocycles. The second kappa shape index (κ2) is 4.45. The predicted molar refractivity (Wildman–Crippen MR) is 74.8 cm³/mol. The third kappa shape index (κ3) is 2.34. The predicted octanol–water partition coefficient (Wildman–Crippen LogP) is 2.40. The van der Waals surface area contributed by atoms with Gasteiger partial charge in [0.15, 0.2) is 0 Å². The van der Waals surface area contributed by atoms with Gasteiger partial charge in [-0.3, -0.25) is 4.68 Å². The van der Waals surface area contributed by atoms with Gasteiger partial charge < -0.3 is 4.90 Å². The fourth-order valence-corrected chi connectivity index (χ4v) is 3.33. The van der Waals surface area contributed by atoms with Gasteiger partial charge in [-0.1, -0.05) is 11.6 Å². The van der Waals surface area contributed by atoms with Crippen molar-refractivity contribution in [2.24, 2.45) is 5.92 Å². The van der Waals surface area contributed by atoms with Crippen molar-refractivity contribution in [1.82, 2.24) is 19.1 Å². The first kappa shape index (κ1) is 11.7. The van der Waals surface area contributed by atoms with Crippen molar-refractivity contribution < 1.29 is 0 Å². The largest absolute Gasteiger partial charge is 0.346 e. The molecular formula is C12H14ClN5S. The van der Waals surface area contributed by atoms with E-state index >= 15 is 0 Å². The molecule has 2 fully saturated rings. The van der Waals surface area contributed by atoms with Crippen LogP contribution in [0.4, 0.5) is 5.13 Å². The van der Waals surface area contributed by atoms with E-state index in [1.54, 1.807) is 6.20 Å². The van der Waals surface area contributed by atoms with E-state index in [9.17, 15) is 0 Å². The molecule has 5 nitrogen and oxygen atoms in total. The lowest BCUT2D eigenvalue weighted by Gasteiger charge is -2.38. The van der Waals surface area contributed by atoms with E-state index in [-0.39, 0.29) is 0 Å². The summed E-state index contributed by atoms with van der Waals surface area (Å²) < 4.78 is 6.36. The van der Waals surface area contributed by atoms with Crippen molar-refractivity contribution in [1.29, 1.82) is 0 Å². The summed E-state index contributed by atoms with van der Waals surface area (Å²) in [7, 11) is 0. The van der Waals surface area contributed by atoms with E-state index in [2.05, 4.69) is 19.4 Å². The summed E-state index contributed by atoms with van der Waals surface area (Å²) in [5.41, 5.74) is 0. The van der Waals surface area contributed by atoms with Gasteiger partial charge in [-0.05, 0) is 12.8 Å². The molecule has 0 amide bonds. The van der Waals surface area contributed by atoms with Crippen molar-refractivity contribution in [3.8, 4) is 0 Å². The first-order chi connectivity index (χ1) is 9.28. The van der Waals surface area contributed by atoms with Crippen LogP contribution in [-0.2, 0) is 6.54 Å². The average molecular weight is 296 g/mol. The molecule has 0 atom stereocenters. The summed E-state index contributed by atoms with van der Waals surface area (Å²) in [5.74, 6) is 2.33. The lowest BCUT2D eigenvalue weighted by atomic mass is 10.0. The van der Waals surface area contributed by atoms with E-state index in [4.69, 9.17) is 11.6 Å². The molecule has 0 N–H and O–H groups in total. The van der Waals surface area contributed by atoms with Gasteiger partial charge >= 0.3 is 0 Å². The van der Waals surface area contributed by atoms with Crippen molar-refractivity contribution in [2.45, 2.75) is 25.3 Å². The number of rotatable bonds is 4. The van der Waals surface area contributed by atoms with Gasteiger partial charge in [0, 0.05) is 49.2 Å². The van der Waals surface area contributed by atoms with Crippen molar-refractivity contribution in [3.05, 3.63) is 23.2 Å². The molecule has 1 aliphatic heterocycles. The highest BCUT2D eigenvalue weighted by Gasteiger charge is 2.32. The average Bonchev–Trinajstić information content (AvgIpc) is 2.94. The molecule has 0 radical (unpaired) electrons. The van der Waals surface area contributed by atoms with Crippen molar-refractivity contribution >= 4 is 28.3 Å². The SMILES string of the molecule is Clc1cnn(CC2CN(c3nc(C4CC4)ns3)C2)c1. The lowest BCUT2D eigenvalue weighted by Crippen LogP contribution is -2.48. The first-order valence-electron chi connectivity index (χ1n) is 6.54. The van der Waals surface area contributed by atoms with E-state index in [1.807, 2.05) is 10.9 Å². The molecule has 1 saturated carbocycles. The summed E-state index contributed by atoms with van der Waals surface area (Å²) in [6, 6.07) is 0. The third-order valence-corrected chi connectivity index (χ3v) is 4.63. The van der Waals surface area contributed by atoms with E-state index in [0.717, 1.165) is 30.6 Å². The molecular weight excluding hydrogens is 282 g/mol. The Morgan fingerprint density at radius 2 is 2.21 bits per heavy atom. The van der Waals surface area contributed by atoms with Gasteiger partial charge in [-0.25, -0.2) is 4.98 Å². The van der Waals surface area contributed by atoms with Gasteiger partial charge in [0.25, 0.3) is 0 Å². The highest BCUT2D eigenvalue weighted by Crippen LogP contribution is 2.40.